The minimum absolute atomic E-state index is 0.0131. The van der Waals surface area contributed by atoms with Crippen molar-refractivity contribution in [2.45, 2.75) is 13.1 Å². The molecule has 1 amide bonds. The molecule has 0 aliphatic rings. The molecule has 0 bridgehead atoms. The average Bonchev–Trinajstić information content (AvgIpc) is 3.13. The second-order valence-corrected chi connectivity index (χ2v) is 7.66. The fourth-order valence-electron chi connectivity index (χ4n) is 3.47. The van der Waals surface area contributed by atoms with Crippen LogP contribution in [0.15, 0.2) is 66.7 Å². The highest BCUT2D eigenvalue weighted by Gasteiger charge is 2.17. The van der Waals surface area contributed by atoms with Crippen LogP contribution in [-0.2, 0) is 13.1 Å². The van der Waals surface area contributed by atoms with Crippen molar-refractivity contribution in [3.05, 3.63) is 106 Å². The summed E-state index contributed by atoms with van der Waals surface area (Å²) in [5.41, 5.74) is 2.25. The molecule has 2 N–H and O–H groups in total. The Morgan fingerprint density at radius 2 is 1.66 bits per heavy atom. The molecule has 0 atom stereocenters. The van der Waals surface area contributed by atoms with E-state index in [0.29, 0.717) is 22.0 Å². The van der Waals surface area contributed by atoms with Gasteiger partial charge in [-0.2, -0.15) is 0 Å². The van der Waals surface area contributed by atoms with Gasteiger partial charge in [-0.1, -0.05) is 29.8 Å². The van der Waals surface area contributed by atoms with Gasteiger partial charge < -0.3 is 15.0 Å². The number of nitrogens with zero attached hydrogens (tertiary/aromatic N) is 1. The molecular formula is C24H17ClF2N2O3. The Balaban J connectivity index is 1.61. The van der Waals surface area contributed by atoms with Gasteiger partial charge in [0.2, 0.25) is 0 Å². The molecule has 8 heteroatoms. The quantitative estimate of drug-likeness (QED) is 0.418. The molecule has 0 saturated carbocycles. The number of benzene rings is 3. The van der Waals surface area contributed by atoms with Gasteiger partial charge in [-0.25, -0.2) is 13.6 Å². The zero-order valence-electron chi connectivity index (χ0n) is 16.6. The number of hydrogen-bond donors (Lipinski definition) is 2. The second kappa shape index (κ2) is 8.80. The van der Waals surface area contributed by atoms with Crippen molar-refractivity contribution >= 4 is 34.4 Å². The number of carbonyl (C=O) groups excluding carboxylic acids is 1. The van der Waals surface area contributed by atoms with E-state index in [1.807, 2.05) is 0 Å². The molecule has 32 heavy (non-hydrogen) atoms. The van der Waals surface area contributed by atoms with E-state index in [9.17, 15) is 23.5 Å². The third-order valence-corrected chi connectivity index (χ3v) is 5.38. The molecule has 0 fully saturated rings. The number of aromatic carboxylic acids is 1. The van der Waals surface area contributed by atoms with E-state index < -0.39 is 11.8 Å². The summed E-state index contributed by atoms with van der Waals surface area (Å²) < 4.78 is 28.4. The Morgan fingerprint density at radius 1 is 0.938 bits per heavy atom. The lowest BCUT2D eigenvalue weighted by Gasteiger charge is -2.10. The predicted octanol–water partition coefficient (Wildman–Crippen LogP) is 5.25. The van der Waals surface area contributed by atoms with Crippen LogP contribution in [0.2, 0.25) is 5.02 Å². The van der Waals surface area contributed by atoms with Gasteiger partial charge in [0.15, 0.2) is 0 Å². The molecule has 0 radical (unpaired) electrons. The highest BCUT2D eigenvalue weighted by Crippen LogP contribution is 2.24. The van der Waals surface area contributed by atoms with Crippen molar-refractivity contribution in [3.8, 4) is 0 Å². The number of amides is 1. The van der Waals surface area contributed by atoms with Crippen molar-refractivity contribution in [3.63, 3.8) is 0 Å². The summed E-state index contributed by atoms with van der Waals surface area (Å²) in [4.78, 5) is 24.3. The van der Waals surface area contributed by atoms with E-state index in [2.05, 4.69) is 5.32 Å². The molecule has 4 rings (SSSR count). The van der Waals surface area contributed by atoms with Crippen LogP contribution in [0, 0.1) is 11.6 Å². The summed E-state index contributed by atoms with van der Waals surface area (Å²) in [6.07, 6.45) is 0. The third-order valence-electron chi connectivity index (χ3n) is 5.07. The van der Waals surface area contributed by atoms with Gasteiger partial charge in [-0.05, 0) is 59.7 Å². The first kappa shape index (κ1) is 21.5. The Kier molecular flexibility index (Phi) is 5.92. The van der Waals surface area contributed by atoms with Gasteiger partial charge in [0.1, 0.15) is 17.3 Å². The van der Waals surface area contributed by atoms with Gasteiger partial charge in [0.05, 0.1) is 5.02 Å². The van der Waals surface area contributed by atoms with Gasteiger partial charge in [0, 0.05) is 29.6 Å². The van der Waals surface area contributed by atoms with Crippen LogP contribution in [0.5, 0.6) is 0 Å². The van der Waals surface area contributed by atoms with Crippen molar-refractivity contribution in [2.75, 3.05) is 0 Å². The molecule has 5 nitrogen and oxygen atoms in total. The molecule has 0 aliphatic carbocycles. The molecule has 0 saturated heterocycles. The molecule has 0 aliphatic heterocycles. The van der Waals surface area contributed by atoms with Crippen molar-refractivity contribution in [1.29, 1.82) is 0 Å². The van der Waals surface area contributed by atoms with Crippen LogP contribution in [0.25, 0.3) is 10.9 Å². The zero-order chi connectivity index (χ0) is 22.8. The van der Waals surface area contributed by atoms with Crippen LogP contribution in [-0.4, -0.2) is 21.6 Å². The van der Waals surface area contributed by atoms with E-state index in [4.69, 9.17) is 11.6 Å². The number of carboxylic acids is 1. The van der Waals surface area contributed by atoms with Crippen LogP contribution in [0.3, 0.4) is 0 Å². The third kappa shape index (κ3) is 4.48. The first-order chi connectivity index (χ1) is 15.3. The predicted molar refractivity (Wildman–Crippen MR) is 117 cm³/mol. The molecule has 4 aromatic rings. The number of aromatic nitrogens is 1. The average molecular weight is 455 g/mol. The molecular weight excluding hydrogens is 438 g/mol. The summed E-state index contributed by atoms with van der Waals surface area (Å²) in [5, 5.41) is 12.9. The van der Waals surface area contributed by atoms with Crippen LogP contribution >= 0.6 is 11.6 Å². The molecule has 0 spiro atoms. The topological polar surface area (TPSA) is 71.3 Å². The fourth-order valence-corrected chi connectivity index (χ4v) is 3.58. The Labute approximate surface area is 186 Å². The van der Waals surface area contributed by atoms with E-state index in [1.165, 1.54) is 30.3 Å². The zero-order valence-corrected chi connectivity index (χ0v) is 17.4. The second-order valence-electron chi connectivity index (χ2n) is 7.25. The first-order valence-electron chi connectivity index (χ1n) is 9.65. The Hall–Kier alpha value is -3.71. The number of hydrogen-bond acceptors (Lipinski definition) is 2. The molecule has 1 heterocycles. The van der Waals surface area contributed by atoms with Crippen molar-refractivity contribution in [1.82, 2.24) is 9.88 Å². The number of rotatable bonds is 6. The number of halogens is 3. The summed E-state index contributed by atoms with van der Waals surface area (Å²) in [6.45, 7) is 0.343. The maximum absolute atomic E-state index is 13.8. The largest absolute Gasteiger partial charge is 0.477 e. The van der Waals surface area contributed by atoms with E-state index in [1.54, 1.807) is 41.0 Å². The monoisotopic (exact) mass is 454 g/mol. The van der Waals surface area contributed by atoms with E-state index in [-0.39, 0.29) is 35.5 Å². The Morgan fingerprint density at radius 3 is 2.34 bits per heavy atom. The Bertz CT molecular complexity index is 1330. The summed E-state index contributed by atoms with van der Waals surface area (Å²) >= 11 is 5.73. The highest BCUT2D eigenvalue weighted by atomic mass is 35.5. The molecule has 162 valence electrons. The van der Waals surface area contributed by atoms with Crippen molar-refractivity contribution in [2.24, 2.45) is 0 Å². The molecule has 3 aromatic carbocycles. The van der Waals surface area contributed by atoms with Gasteiger partial charge in [0.25, 0.3) is 5.91 Å². The van der Waals surface area contributed by atoms with Gasteiger partial charge in [-0.3, -0.25) is 4.79 Å². The smallest absolute Gasteiger partial charge is 0.352 e. The lowest BCUT2D eigenvalue weighted by molar-refractivity contribution is 0.0686. The summed E-state index contributed by atoms with van der Waals surface area (Å²) in [5.74, 6) is -2.43. The number of carbonyl (C=O) groups is 2. The first-order valence-corrected chi connectivity index (χ1v) is 10.0. The number of fused-ring (bicyclic) bond motifs is 1. The number of carboxylic acid groups (broad SMARTS) is 1. The lowest BCUT2D eigenvalue weighted by Crippen LogP contribution is -2.22. The van der Waals surface area contributed by atoms with Crippen LogP contribution in [0.1, 0.15) is 32.0 Å². The standard InChI is InChI=1S/C24H17ClF2N2O3/c25-19-7-3-15(9-20(19)27)13-29-21-8-4-16(10-17(21)11-22(29)24(31)32)23(30)28-12-14-1-5-18(26)6-2-14/h1-11H,12-13H2,(H,28,30)(H,31,32). The maximum atomic E-state index is 13.8. The number of nitrogens with one attached hydrogen (secondary N) is 1. The SMILES string of the molecule is O=C(NCc1ccc(F)cc1)c1ccc2c(c1)cc(C(=O)O)n2Cc1ccc(Cl)c(F)c1. The van der Waals surface area contributed by atoms with Crippen molar-refractivity contribution < 1.29 is 23.5 Å². The minimum Gasteiger partial charge on any atom is -0.477 e. The van der Waals surface area contributed by atoms with Gasteiger partial charge >= 0.3 is 5.97 Å². The van der Waals surface area contributed by atoms with E-state index in [0.717, 1.165) is 5.56 Å². The van der Waals surface area contributed by atoms with Crippen LogP contribution < -0.4 is 5.32 Å². The fraction of sp³-hybridized carbons (Fsp3) is 0.0833. The normalized spacial score (nSPS) is 11.0. The lowest BCUT2D eigenvalue weighted by atomic mass is 10.1. The summed E-state index contributed by atoms with van der Waals surface area (Å²) in [6, 6.07) is 16.4. The van der Waals surface area contributed by atoms with E-state index >= 15 is 0 Å². The highest BCUT2D eigenvalue weighted by molar-refractivity contribution is 6.30. The van der Waals surface area contributed by atoms with Crippen LogP contribution in [0.4, 0.5) is 8.78 Å². The molecule has 1 aromatic heterocycles. The minimum atomic E-state index is -1.14. The molecule has 0 unspecified atom stereocenters. The maximum Gasteiger partial charge on any atom is 0.352 e. The summed E-state index contributed by atoms with van der Waals surface area (Å²) in [7, 11) is 0. The van der Waals surface area contributed by atoms with Gasteiger partial charge in [-0.15, -0.1) is 0 Å².